The van der Waals surface area contributed by atoms with Crippen molar-refractivity contribution < 1.29 is 0 Å². The van der Waals surface area contributed by atoms with Gasteiger partial charge in [0.05, 0.1) is 0 Å². The van der Waals surface area contributed by atoms with Gasteiger partial charge in [0.25, 0.3) is 0 Å². The predicted molar refractivity (Wildman–Crippen MR) is 187 cm³/mol. The van der Waals surface area contributed by atoms with Gasteiger partial charge in [0.15, 0.2) is 0 Å². The van der Waals surface area contributed by atoms with E-state index in [4.69, 9.17) is 0 Å². The second-order valence-corrected chi connectivity index (χ2v) is 20.3. The molecule has 0 saturated carbocycles. The van der Waals surface area contributed by atoms with Crippen LogP contribution in [0.4, 0.5) is 0 Å². The van der Waals surface area contributed by atoms with E-state index in [2.05, 4.69) is 163 Å². The van der Waals surface area contributed by atoms with Crippen LogP contribution in [0.15, 0.2) is 121 Å². The molecular formula is C40H38BBi. The van der Waals surface area contributed by atoms with E-state index in [0.29, 0.717) is 0 Å². The monoisotopic (exact) mass is 738 g/mol. The summed E-state index contributed by atoms with van der Waals surface area (Å²) in [7, 11) is 0. The van der Waals surface area contributed by atoms with Gasteiger partial charge in [-0.2, -0.15) is 0 Å². The number of hydrogen-bond acceptors (Lipinski definition) is 0. The fraction of sp³-hybridized carbons (Fsp3) is 0.150. The molecule has 0 atom stereocenters. The maximum atomic E-state index is 2.45. The average molecular weight is 739 g/mol. The van der Waals surface area contributed by atoms with Crippen LogP contribution in [-0.2, 0) is 0 Å². The van der Waals surface area contributed by atoms with E-state index in [1.807, 2.05) is 0 Å². The molecule has 0 unspecified atom stereocenters. The molecule has 6 aromatic rings. The van der Waals surface area contributed by atoms with Crippen LogP contribution >= 0.6 is 0 Å². The van der Waals surface area contributed by atoms with Crippen molar-refractivity contribution in [2.24, 2.45) is 0 Å². The molecule has 0 spiro atoms. The second-order valence-electron chi connectivity index (χ2n) is 11.8. The van der Waals surface area contributed by atoms with E-state index in [1.165, 1.54) is 67.1 Å². The third kappa shape index (κ3) is 5.39. The average Bonchev–Trinajstić information content (AvgIpc) is 2.96. The molecule has 2 heteroatoms. The maximum absolute atomic E-state index is 2.67. The standard InChI is InChI=1S/C28H28B.2C6H5.Bi/c1-18-14-20(3)27(21(4)15-18)29(28-22(5)16-19(2)17-23(28)6)26-13-9-11-24-10-7-8-12-25(24)26;2*1-2-4-6-5-3-1;/h7-11,13-17H,1-6H3;2*1-5H;. The van der Waals surface area contributed by atoms with Crippen LogP contribution in [-0.4, -0.2) is 28.5 Å². The third-order valence-electron chi connectivity index (χ3n) is 8.55. The summed E-state index contributed by atoms with van der Waals surface area (Å²) in [5, 5.41) is 2.79. The van der Waals surface area contributed by atoms with Gasteiger partial charge < -0.3 is 0 Å². The van der Waals surface area contributed by atoms with Crippen LogP contribution in [0.25, 0.3) is 10.8 Å². The zero-order valence-electron chi connectivity index (χ0n) is 25.6. The van der Waals surface area contributed by atoms with E-state index >= 15 is 0 Å². The number of rotatable bonds is 6. The molecule has 0 aliphatic rings. The first kappa shape index (κ1) is 28.6. The summed E-state index contributed by atoms with van der Waals surface area (Å²) in [5.74, 6) is 0. The third-order valence-corrected chi connectivity index (χ3v) is 18.2. The number of fused-ring (bicyclic) bond motifs is 1. The summed E-state index contributed by atoms with van der Waals surface area (Å²) in [5.41, 5.74) is 12.5. The van der Waals surface area contributed by atoms with Crippen molar-refractivity contribution in [3.63, 3.8) is 0 Å². The number of benzene rings is 6. The predicted octanol–water partition coefficient (Wildman–Crippen LogP) is 5.72. The van der Waals surface area contributed by atoms with Crippen molar-refractivity contribution in [1.82, 2.24) is 0 Å². The summed E-state index contributed by atoms with van der Waals surface area (Å²) < 4.78 is 4.59. The molecule has 0 aliphatic heterocycles. The van der Waals surface area contributed by atoms with Crippen LogP contribution in [0, 0.1) is 41.5 Å². The molecular weight excluding hydrogens is 700 g/mol. The molecule has 0 radical (unpaired) electrons. The quantitative estimate of drug-likeness (QED) is 0.192. The molecule has 0 saturated heterocycles. The first-order chi connectivity index (χ1) is 20.3. The molecule has 0 aliphatic carbocycles. The Morgan fingerprint density at radius 2 is 0.881 bits per heavy atom. The van der Waals surface area contributed by atoms with E-state index in [0.717, 1.165) is 0 Å². The number of aryl methyl sites for hydroxylation is 6. The fourth-order valence-electron chi connectivity index (χ4n) is 7.11. The van der Waals surface area contributed by atoms with E-state index in [1.54, 1.807) is 3.27 Å². The molecule has 0 heterocycles. The Balaban J connectivity index is 1.73. The summed E-state index contributed by atoms with van der Waals surface area (Å²) in [6, 6.07) is 46.2. The summed E-state index contributed by atoms with van der Waals surface area (Å²) in [4.78, 5) is 0. The van der Waals surface area contributed by atoms with Gasteiger partial charge in [0.1, 0.15) is 0 Å². The molecule has 0 bridgehead atoms. The molecule has 0 aromatic heterocycles. The topological polar surface area (TPSA) is 0 Å². The molecule has 42 heavy (non-hydrogen) atoms. The van der Waals surface area contributed by atoms with Crippen molar-refractivity contribution >= 4 is 65.4 Å². The Bertz CT molecular complexity index is 1740. The van der Waals surface area contributed by atoms with Crippen molar-refractivity contribution in [2.45, 2.75) is 41.5 Å². The van der Waals surface area contributed by atoms with Crippen LogP contribution < -0.4 is 26.2 Å². The summed E-state index contributed by atoms with van der Waals surface area (Å²) >= 11 is -2.67. The van der Waals surface area contributed by atoms with Crippen molar-refractivity contribution in [2.75, 3.05) is 0 Å². The van der Waals surface area contributed by atoms with Gasteiger partial charge in [-0.25, -0.2) is 0 Å². The number of hydrogen-bond donors (Lipinski definition) is 0. The van der Waals surface area contributed by atoms with Gasteiger partial charge >= 0.3 is 262 Å². The van der Waals surface area contributed by atoms with Crippen LogP contribution in [0.1, 0.15) is 33.4 Å². The van der Waals surface area contributed by atoms with Gasteiger partial charge in [-0.1, -0.05) is 0 Å². The SMILES string of the molecule is Cc1cc(C)c(B(c2c(C)cc(C)cc2C)c2cccc3ccc[c]([Bi]([c]4ccccc4)[c]4ccccc4)c23)c(C)c1. The van der Waals surface area contributed by atoms with E-state index in [-0.39, 0.29) is 6.71 Å². The van der Waals surface area contributed by atoms with Crippen LogP contribution in [0.2, 0.25) is 0 Å². The van der Waals surface area contributed by atoms with Gasteiger partial charge in [0.2, 0.25) is 0 Å². The normalized spacial score (nSPS) is 11.3. The van der Waals surface area contributed by atoms with Crippen molar-refractivity contribution in [3.05, 3.63) is 155 Å². The Hall–Kier alpha value is -3.47. The molecule has 6 aromatic carbocycles. The first-order valence-electron chi connectivity index (χ1n) is 14.9. The first-order valence-corrected chi connectivity index (χ1v) is 20.1. The fourth-order valence-corrected chi connectivity index (χ4v) is 16.9. The van der Waals surface area contributed by atoms with E-state index in [9.17, 15) is 0 Å². The Labute approximate surface area is 260 Å². The Morgan fingerprint density at radius 1 is 0.452 bits per heavy atom. The molecule has 0 N–H and O–H groups in total. The molecule has 206 valence electrons. The second kappa shape index (κ2) is 12.0. The Morgan fingerprint density at radius 3 is 1.33 bits per heavy atom. The minimum absolute atomic E-state index is 0.147. The van der Waals surface area contributed by atoms with Gasteiger partial charge in [-0.05, 0) is 0 Å². The van der Waals surface area contributed by atoms with Crippen molar-refractivity contribution in [3.8, 4) is 0 Å². The van der Waals surface area contributed by atoms with Gasteiger partial charge in [-0.15, -0.1) is 0 Å². The minimum atomic E-state index is -2.67. The van der Waals surface area contributed by atoms with Crippen LogP contribution in [0.5, 0.6) is 0 Å². The van der Waals surface area contributed by atoms with Crippen molar-refractivity contribution in [1.29, 1.82) is 0 Å². The van der Waals surface area contributed by atoms with Gasteiger partial charge in [-0.3, -0.25) is 0 Å². The van der Waals surface area contributed by atoms with Crippen LogP contribution in [0.3, 0.4) is 0 Å². The summed E-state index contributed by atoms with van der Waals surface area (Å²) in [6.45, 7) is 13.8. The molecule has 0 amide bonds. The molecule has 6 rings (SSSR count). The zero-order chi connectivity index (χ0) is 29.4. The zero-order valence-corrected chi connectivity index (χ0v) is 29.0. The van der Waals surface area contributed by atoms with Gasteiger partial charge in [0, 0.05) is 0 Å². The summed E-state index contributed by atoms with van der Waals surface area (Å²) in [6.07, 6.45) is 0. The molecule has 0 nitrogen and oxygen atoms in total. The Kier molecular flexibility index (Phi) is 8.20. The molecule has 0 fully saturated rings. The van der Waals surface area contributed by atoms with E-state index < -0.39 is 21.8 Å².